The van der Waals surface area contributed by atoms with Crippen LogP contribution >= 0.6 is 25.3 Å². The van der Waals surface area contributed by atoms with Crippen molar-refractivity contribution in [1.82, 2.24) is 19.2 Å². The standard InChI is InChI=1S/C24H32F3N5O2S2/c1-15(2)20-10-28-22-19(9-16(11-32(20)22)24(25,26)27)29-17-3-5-30(6-4-17)12-18-13-31(7-8-34-18)23(33)21(36)14-35/h9-11,14-15,17-18,29,35-36H,3-8,12-13H2,1-2H3/b21-14-. The van der Waals surface area contributed by atoms with Gasteiger partial charge in [-0.3, -0.25) is 4.79 Å². The third-order valence-corrected chi connectivity index (χ3v) is 7.51. The van der Waals surface area contributed by atoms with E-state index in [2.05, 4.69) is 40.5 Å². The Morgan fingerprint density at radius 1 is 1.31 bits per heavy atom. The second-order valence-electron chi connectivity index (χ2n) is 9.65. The Morgan fingerprint density at radius 3 is 2.67 bits per heavy atom. The lowest BCUT2D eigenvalue weighted by molar-refractivity contribution is -0.138. The molecule has 0 aliphatic carbocycles. The van der Waals surface area contributed by atoms with Crippen molar-refractivity contribution < 1.29 is 22.7 Å². The van der Waals surface area contributed by atoms with Crippen molar-refractivity contribution in [2.75, 3.05) is 44.6 Å². The summed E-state index contributed by atoms with van der Waals surface area (Å²) in [5.74, 6) is -0.113. The zero-order chi connectivity index (χ0) is 26.0. The highest BCUT2D eigenvalue weighted by Crippen LogP contribution is 2.34. The molecular formula is C24H32F3N5O2S2. The first-order valence-electron chi connectivity index (χ1n) is 12.1. The lowest BCUT2D eigenvalue weighted by Gasteiger charge is -2.38. The SMILES string of the molecule is CC(C)c1cnc2c(NC3CCN(CC4CN(C(=O)/C(S)=C/S)CCO4)CC3)cc(C(F)(F)F)cn12. The molecule has 0 bridgehead atoms. The number of alkyl halides is 3. The van der Waals surface area contributed by atoms with Crippen LogP contribution in [0.15, 0.2) is 28.8 Å². The minimum absolute atomic E-state index is 0.0327. The van der Waals surface area contributed by atoms with Crippen molar-refractivity contribution in [3.8, 4) is 0 Å². The van der Waals surface area contributed by atoms with Crippen LogP contribution < -0.4 is 5.32 Å². The molecule has 1 N–H and O–H groups in total. The summed E-state index contributed by atoms with van der Waals surface area (Å²) in [5.41, 5.74) is 0.956. The quantitative estimate of drug-likeness (QED) is 0.375. The van der Waals surface area contributed by atoms with E-state index in [0.29, 0.717) is 42.5 Å². The van der Waals surface area contributed by atoms with E-state index in [1.54, 1.807) is 15.5 Å². The Kier molecular flexibility index (Phi) is 8.48. The normalized spacial score (nSPS) is 20.9. The molecule has 2 aliphatic heterocycles. The molecule has 12 heteroatoms. The number of hydrogen-bond donors (Lipinski definition) is 3. The van der Waals surface area contributed by atoms with Crippen LogP contribution in [0.4, 0.5) is 18.9 Å². The molecule has 0 spiro atoms. The van der Waals surface area contributed by atoms with Crippen LogP contribution in [-0.4, -0.2) is 76.6 Å². The van der Waals surface area contributed by atoms with Crippen molar-refractivity contribution in [1.29, 1.82) is 0 Å². The Morgan fingerprint density at radius 2 is 2.03 bits per heavy atom. The topological polar surface area (TPSA) is 62.1 Å². The van der Waals surface area contributed by atoms with E-state index >= 15 is 0 Å². The number of hydrogen-bond acceptors (Lipinski definition) is 7. The first-order valence-corrected chi connectivity index (χ1v) is 13.0. The van der Waals surface area contributed by atoms with Crippen molar-refractivity contribution in [3.05, 3.63) is 40.0 Å². The summed E-state index contributed by atoms with van der Waals surface area (Å²) in [5, 5.41) is 4.73. The minimum atomic E-state index is -4.45. The number of carbonyl (C=O) groups is 1. The minimum Gasteiger partial charge on any atom is -0.379 e. The van der Waals surface area contributed by atoms with E-state index in [1.807, 2.05) is 13.8 Å². The van der Waals surface area contributed by atoms with E-state index in [4.69, 9.17) is 4.74 Å². The summed E-state index contributed by atoms with van der Waals surface area (Å²) < 4.78 is 48.3. The van der Waals surface area contributed by atoms with Gasteiger partial charge in [-0.1, -0.05) is 13.8 Å². The highest BCUT2D eigenvalue weighted by Gasteiger charge is 2.33. The van der Waals surface area contributed by atoms with Crippen molar-refractivity contribution in [3.63, 3.8) is 0 Å². The Balaban J connectivity index is 1.38. The maximum absolute atomic E-state index is 13.6. The molecule has 0 aromatic carbocycles. The van der Waals surface area contributed by atoms with Crippen LogP contribution in [0.2, 0.25) is 0 Å². The molecule has 198 valence electrons. The first kappa shape index (κ1) is 27.2. The number of nitrogens with one attached hydrogen (secondary N) is 1. The number of likely N-dealkylation sites (tertiary alicyclic amines) is 1. The van der Waals surface area contributed by atoms with Crippen LogP contribution in [0.1, 0.15) is 43.9 Å². The Hall–Kier alpha value is -1.89. The van der Waals surface area contributed by atoms with Gasteiger partial charge in [-0.25, -0.2) is 4.98 Å². The van der Waals surface area contributed by atoms with Gasteiger partial charge < -0.3 is 24.3 Å². The largest absolute Gasteiger partial charge is 0.417 e. The van der Waals surface area contributed by atoms with Crippen LogP contribution in [-0.2, 0) is 15.7 Å². The number of morpholine rings is 1. The van der Waals surface area contributed by atoms with Gasteiger partial charge in [0.1, 0.15) is 0 Å². The van der Waals surface area contributed by atoms with Crippen molar-refractivity contribution in [2.45, 2.75) is 50.9 Å². The lowest BCUT2D eigenvalue weighted by atomic mass is 10.0. The van der Waals surface area contributed by atoms with Gasteiger partial charge in [-0.05, 0) is 30.2 Å². The average molecular weight is 544 g/mol. The number of imidazole rings is 1. The van der Waals surface area contributed by atoms with Crippen molar-refractivity contribution >= 4 is 42.5 Å². The van der Waals surface area contributed by atoms with Gasteiger partial charge in [-0.15, -0.1) is 12.6 Å². The number of anilines is 1. The zero-order valence-corrected chi connectivity index (χ0v) is 22.1. The second kappa shape index (κ2) is 11.2. The second-order valence-corrected chi connectivity index (χ2v) is 10.4. The molecule has 1 unspecified atom stereocenters. The molecule has 2 fully saturated rings. The van der Waals surface area contributed by atoms with Gasteiger partial charge in [-0.2, -0.15) is 25.8 Å². The van der Waals surface area contributed by atoms with E-state index in [9.17, 15) is 18.0 Å². The number of aromatic nitrogens is 2. The van der Waals surface area contributed by atoms with Crippen molar-refractivity contribution in [2.24, 2.45) is 0 Å². The third kappa shape index (κ3) is 6.15. The molecule has 4 heterocycles. The lowest BCUT2D eigenvalue weighted by Crippen LogP contribution is -2.51. The summed E-state index contributed by atoms with van der Waals surface area (Å²) in [6.07, 6.45) is -0.215. The molecular weight excluding hydrogens is 511 g/mol. The number of piperidine rings is 1. The zero-order valence-electron chi connectivity index (χ0n) is 20.3. The predicted molar refractivity (Wildman–Crippen MR) is 140 cm³/mol. The highest BCUT2D eigenvalue weighted by molar-refractivity contribution is 7.88. The summed E-state index contributed by atoms with van der Waals surface area (Å²) in [6, 6.07) is 1.19. The van der Waals surface area contributed by atoms with Gasteiger partial charge in [0.15, 0.2) is 5.65 Å². The molecule has 2 aromatic heterocycles. The van der Waals surface area contributed by atoms with Gasteiger partial charge >= 0.3 is 6.18 Å². The van der Waals surface area contributed by atoms with Crippen LogP contribution in [0.3, 0.4) is 0 Å². The number of thiol groups is 2. The third-order valence-electron chi connectivity index (χ3n) is 6.73. The monoisotopic (exact) mass is 543 g/mol. The number of ether oxygens (including phenoxy) is 1. The number of halogens is 3. The molecule has 4 rings (SSSR count). The summed E-state index contributed by atoms with van der Waals surface area (Å²) in [6.45, 7) is 7.60. The van der Waals surface area contributed by atoms with Crippen LogP contribution in [0, 0.1) is 0 Å². The molecule has 7 nitrogen and oxygen atoms in total. The average Bonchev–Trinajstić information content (AvgIpc) is 3.29. The fourth-order valence-electron chi connectivity index (χ4n) is 4.79. The number of pyridine rings is 1. The number of amides is 1. The number of fused-ring (bicyclic) bond motifs is 1. The van der Waals surface area contributed by atoms with E-state index in [-0.39, 0.29) is 24.0 Å². The summed E-state index contributed by atoms with van der Waals surface area (Å²) >= 11 is 8.17. The Labute approximate surface area is 219 Å². The Bertz CT molecular complexity index is 1110. The maximum atomic E-state index is 13.6. The maximum Gasteiger partial charge on any atom is 0.417 e. The molecule has 1 amide bonds. The molecule has 2 saturated heterocycles. The van der Waals surface area contributed by atoms with Crippen LogP contribution in [0.5, 0.6) is 0 Å². The predicted octanol–water partition coefficient (Wildman–Crippen LogP) is 4.28. The molecule has 2 aromatic rings. The number of rotatable bonds is 6. The van der Waals surface area contributed by atoms with Crippen LogP contribution in [0.25, 0.3) is 5.65 Å². The fourth-order valence-corrected chi connectivity index (χ4v) is 5.04. The van der Waals surface area contributed by atoms with E-state index in [0.717, 1.165) is 43.9 Å². The van der Waals surface area contributed by atoms with Gasteiger partial charge in [0.2, 0.25) is 0 Å². The number of nitrogens with zero attached hydrogens (tertiary/aromatic N) is 4. The molecule has 2 aliphatic rings. The molecule has 1 atom stereocenters. The first-order chi connectivity index (χ1) is 17.1. The summed E-state index contributed by atoms with van der Waals surface area (Å²) in [7, 11) is 0. The van der Waals surface area contributed by atoms with Gasteiger partial charge in [0.05, 0.1) is 28.9 Å². The molecule has 0 radical (unpaired) electrons. The number of carbonyl (C=O) groups excluding carboxylic acids is 1. The summed E-state index contributed by atoms with van der Waals surface area (Å²) in [4.78, 5) is 21.1. The van der Waals surface area contributed by atoms with Gasteiger partial charge in [0, 0.05) is 56.9 Å². The molecule has 36 heavy (non-hydrogen) atoms. The highest BCUT2D eigenvalue weighted by atomic mass is 32.1. The van der Waals surface area contributed by atoms with E-state index < -0.39 is 11.7 Å². The van der Waals surface area contributed by atoms with E-state index in [1.165, 1.54) is 5.41 Å². The fraction of sp³-hybridized carbons (Fsp3) is 0.583. The smallest absolute Gasteiger partial charge is 0.379 e. The molecule has 0 saturated carbocycles. The van der Waals surface area contributed by atoms with Gasteiger partial charge in [0.25, 0.3) is 5.91 Å².